The lowest BCUT2D eigenvalue weighted by molar-refractivity contribution is -0.384. The number of carbonyl (C=O) groups is 1. The minimum Gasteiger partial charge on any atom is -0.368 e. The molecule has 3 rings (SSSR count). The number of carbonyl (C=O) groups excluding carboxylic acids is 1. The Morgan fingerprint density at radius 1 is 1.19 bits per heavy atom. The van der Waals surface area contributed by atoms with Crippen LogP contribution in [0.3, 0.4) is 0 Å². The second-order valence-electron chi connectivity index (χ2n) is 6.24. The molecule has 11 nitrogen and oxygen atoms in total. The van der Waals surface area contributed by atoms with Crippen LogP contribution in [0.4, 0.5) is 17.2 Å². The number of nitrogens with one attached hydrogen (secondary N) is 3. The van der Waals surface area contributed by atoms with E-state index in [0.717, 1.165) is 6.07 Å². The monoisotopic (exact) mass is 465 g/mol. The molecule has 0 saturated carbocycles. The average molecular weight is 466 g/mol. The number of anilines is 2. The predicted molar refractivity (Wildman–Crippen MR) is 113 cm³/mol. The van der Waals surface area contributed by atoms with Crippen molar-refractivity contribution in [1.82, 2.24) is 10.5 Å². The molecule has 0 atom stereocenters. The fourth-order valence-electron chi connectivity index (χ4n) is 2.49. The van der Waals surface area contributed by atoms with Gasteiger partial charge < -0.3 is 15.2 Å². The molecular formula is C18H16ClN5O6S. The highest BCUT2D eigenvalue weighted by molar-refractivity contribution is 7.92. The van der Waals surface area contributed by atoms with Crippen LogP contribution in [-0.4, -0.2) is 31.1 Å². The standard InChI is InChI=1S/C18H16ClN5O6S/c1-11-8-17(22-30-11)23-31(28,29)14-5-3-13(4-6-14)20-10-21-18(25)12-2-7-16(24(26)27)15(19)9-12/h2-9,20H,10H2,1H3,(H,21,25)(H,22,23). The normalized spacial score (nSPS) is 11.0. The number of amides is 1. The lowest BCUT2D eigenvalue weighted by Gasteiger charge is -2.10. The predicted octanol–water partition coefficient (Wildman–Crippen LogP) is 3.14. The zero-order valence-electron chi connectivity index (χ0n) is 16.0. The van der Waals surface area contributed by atoms with Crippen LogP contribution < -0.4 is 15.4 Å². The molecule has 0 aliphatic heterocycles. The Balaban J connectivity index is 1.56. The minimum absolute atomic E-state index is 0.0169. The number of nitrogens with zero attached hydrogens (tertiary/aromatic N) is 2. The maximum absolute atomic E-state index is 12.4. The van der Waals surface area contributed by atoms with Crippen molar-refractivity contribution in [1.29, 1.82) is 0 Å². The van der Waals surface area contributed by atoms with Gasteiger partial charge in [-0.1, -0.05) is 16.8 Å². The van der Waals surface area contributed by atoms with E-state index in [1.807, 2.05) is 0 Å². The fourth-order valence-corrected chi connectivity index (χ4v) is 3.72. The number of aryl methyl sites for hydroxylation is 1. The highest BCUT2D eigenvalue weighted by atomic mass is 35.5. The second-order valence-corrected chi connectivity index (χ2v) is 8.33. The van der Waals surface area contributed by atoms with Crippen molar-refractivity contribution in [2.45, 2.75) is 11.8 Å². The molecule has 3 aromatic rings. The molecule has 1 amide bonds. The van der Waals surface area contributed by atoms with Gasteiger partial charge in [0.2, 0.25) is 0 Å². The molecular weight excluding hydrogens is 450 g/mol. The molecule has 0 bridgehead atoms. The maximum atomic E-state index is 12.4. The molecule has 31 heavy (non-hydrogen) atoms. The zero-order valence-corrected chi connectivity index (χ0v) is 17.5. The van der Waals surface area contributed by atoms with Gasteiger partial charge in [-0.2, -0.15) is 0 Å². The summed E-state index contributed by atoms with van der Waals surface area (Å²) >= 11 is 5.80. The molecule has 13 heteroatoms. The van der Waals surface area contributed by atoms with Crippen molar-refractivity contribution in [2.75, 3.05) is 16.7 Å². The van der Waals surface area contributed by atoms with Gasteiger partial charge in [0.05, 0.1) is 16.5 Å². The summed E-state index contributed by atoms with van der Waals surface area (Å²) in [7, 11) is -3.83. The Labute approximate surface area is 181 Å². The van der Waals surface area contributed by atoms with Crippen molar-refractivity contribution in [3.05, 3.63) is 75.0 Å². The number of aromatic nitrogens is 1. The highest BCUT2D eigenvalue weighted by Crippen LogP contribution is 2.25. The Kier molecular flexibility index (Phi) is 6.42. The molecule has 0 radical (unpaired) electrons. The van der Waals surface area contributed by atoms with Gasteiger partial charge in [-0.25, -0.2) is 8.42 Å². The van der Waals surface area contributed by atoms with Crippen LogP contribution in [0.25, 0.3) is 0 Å². The SMILES string of the molecule is Cc1cc(NS(=O)(=O)c2ccc(NCNC(=O)c3ccc([N+](=O)[O-])c(Cl)c3)cc2)no1. The topological polar surface area (TPSA) is 156 Å². The third-order valence-corrected chi connectivity index (χ3v) is 5.65. The lowest BCUT2D eigenvalue weighted by atomic mass is 10.2. The first kappa shape index (κ1) is 22.1. The minimum atomic E-state index is -3.83. The smallest absolute Gasteiger partial charge is 0.287 e. The van der Waals surface area contributed by atoms with Gasteiger partial charge in [-0.3, -0.25) is 19.6 Å². The van der Waals surface area contributed by atoms with E-state index >= 15 is 0 Å². The Morgan fingerprint density at radius 3 is 2.48 bits per heavy atom. The summed E-state index contributed by atoms with van der Waals surface area (Å²) in [4.78, 5) is 22.3. The molecule has 1 aromatic heterocycles. The van der Waals surface area contributed by atoms with Crippen molar-refractivity contribution in [2.24, 2.45) is 0 Å². The van der Waals surface area contributed by atoms with Gasteiger partial charge in [0.1, 0.15) is 10.8 Å². The van der Waals surface area contributed by atoms with Gasteiger partial charge >= 0.3 is 0 Å². The van der Waals surface area contributed by atoms with Crippen LogP contribution in [-0.2, 0) is 10.0 Å². The van der Waals surface area contributed by atoms with Crippen LogP contribution in [0, 0.1) is 17.0 Å². The number of sulfonamides is 1. The Morgan fingerprint density at radius 2 is 1.90 bits per heavy atom. The number of halogens is 1. The van der Waals surface area contributed by atoms with Crippen LogP contribution in [0.1, 0.15) is 16.1 Å². The maximum Gasteiger partial charge on any atom is 0.287 e. The van der Waals surface area contributed by atoms with Crippen molar-refractivity contribution in [3.63, 3.8) is 0 Å². The van der Waals surface area contributed by atoms with Gasteiger partial charge in [0, 0.05) is 23.4 Å². The summed E-state index contributed by atoms with van der Waals surface area (Å²) in [6, 6.07) is 10.9. The van der Waals surface area contributed by atoms with Gasteiger partial charge in [0.25, 0.3) is 21.6 Å². The van der Waals surface area contributed by atoms with Gasteiger partial charge in [0.15, 0.2) is 5.82 Å². The molecule has 0 spiro atoms. The molecule has 0 fully saturated rings. The van der Waals surface area contributed by atoms with E-state index in [-0.39, 0.29) is 33.7 Å². The molecule has 0 unspecified atom stereocenters. The summed E-state index contributed by atoms with van der Waals surface area (Å²) in [5, 5.41) is 19.7. The summed E-state index contributed by atoms with van der Waals surface area (Å²) in [5.41, 5.74) is 0.422. The van der Waals surface area contributed by atoms with Gasteiger partial charge in [-0.15, -0.1) is 0 Å². The summed E-state index contributed by atoms with van der Waals surface area (Å²) in [6.45, 7) is 1.66. The van der Waals surface area contributed by atoms with Crippen LogP contribution in [0.2, 0.25) is 5.02 Å². The van der Waals surface area contributed by atoms with Gasteiger partial charge in [-0.05, 0) is 43.3 Å². The molecule has 0 aliphatic rings. The average Bonchev–Trinajstić information content (AvgIpc) is 3.11. The van der Waals surface area contributed by atoms with E-state index < -0.39 is 20.9 Å². The largest absolute Gasteiger partial charge is 0.368 e. The van der Waals surface area contributed by atoms with Crippen molar-refractivity contribution in [3.8, 4) is 0 Å². The van der Waals surface area contributed by atoms with Crippen LogP contribution in [0.15, 0.2) is 57.9 Å². The first-order valence-corrected chi connectivity index (χ1v) is 10.5. The lowest BCUT2D eigenvalue weighted by Crippen LogP contribution is -2.28. The van der Waals surface area contributed by atoms with E-state index in [1.165, 1.54) is 42.5 Å². The fraction of sp³-hybridized carbons (Fsp3) is 0.111. The van der Waals surface area contributed by atoms with Crippen molar-refractivity contribution < 1.29 is 22.7 Å². The summed E-state index contributed by atoms with van der Waals surface area (Å²) < 4.78 is 31.8. The van der Waals surface area contributed by atoms with E-state index in [0.29, 0.717) is 11.4 Å². The number of rotatable bonds is 8. The second kappa shape index (κ2) is 9.02. The zero-order chi connectivity index (χ0) is 22.6. The Bertz CT molecular complexity index is 1230. The number of hydrogen-bond acceptors (Lipinski definition) is 8. The quantitative estimate of drug-likeness (QED) is 0.260. The summed E-state index contributed by atoms with van der Waals surface area (Å²) in [6.07, 6.45) is 0. The Hall–Kier alpha value is -3.64. The van der Waals surface area contributed by atoms with E-state index in [9.17, 15) is 23.3 Å². The van der Waals surface area contributed by atoms with E-state index in [4.69, 9.17) is 16.1 Å². The number of benzene rings is 2. The number of hydrogen-bond donors (Lipinski definition) is 3. The van der Waals surface area contributed by atoms with E-state index in [2.05, 4.69) is 20.5 Å². The molecule has 162 valence electrons. The van der Waals surface area contributed by atoms with Crippen LogP contribution in [0.5, 0.6) is 0 Å². The summed E-state index contributed by atoms with van der Waals surface area (Å²) in [5.74, 6) is 0.0552. The molecule has 0 aliphatic carbocycles. The third kappa shape index (κ3) is 5.49. The molecule has 3 N–H and O–H groups in total. The molecule has 1 heterocycles. The first-order valence-electron chi connectivity index (χ1n) is 8.68. The first-order chi connectivity index (χ1) is 14.7. The number of nitro benzene ring substituents is 1. The highest BCUT2D eigenvalue weighted by Gasteiger charge is 2.17. The van der Waals surface area contributed by atoms with Crippen molar-refractivity contribution >= 4 is 44.7 Å². The molecule has 0 saturated heterocycles. The van der Waals surface area contributed by atoms with Crippen LogP contribution >= 0.6 is 11.6 Å². The third-order valence-electron chi connectivity index (χ3n) is 3.98. The number of nitro groups is 1. The molecule has 2 aromatic carbocycles. The van der Waals surface area contributed by atoms with E-state index in [1.54, 1.807) is 6.92 Å².